The Morgan fingerprint density at radius 1 is 1.19 bits per heavy atom. The predicted molar refractivity (Wildman–Crippen MR) is 111 cm³/mol. The number of carbonyl (C=O) groups is 1. The van der Waals surface area contributed by atoms with E-state index in [2.05, 4.69) is 19.9 Å². The maximum absolute atomic E-state index is 12.3. The second-order valence-electron chi connectivity index (χ2n) is 6.50. The Kier molecular flexibility index (Phi) is 5.37. The van der Waals surface area contributed by atoms with Gasteiger partial charge in [-0.15, -0.1) is 0 Å². The van der Waals surface area contributed by atoms with E-state index < -0.39 is 12.3 Å². The Balaban J connectivity index is 1.74. The Morgan fingerprint density at radius 3 is 2.77 bits per heavy atom. The lowest BCUT2D eigenvalue weighted by Gasteiger charge is -2.13. The number of imidazole rings is 1. The molecule has 0 radical (unpaired) electrons. The van der Waals surface area contributed by atoms with Crippen LogP contribution in [0.15, 0.2) is 53.6 Å². The highest BCUT2D eigenvalue weighted by Gasteiger charge is 2.16. The number of aliphatic carboxylic acids is 1. The minimum atomic E-state index is -1.96. The van der Waals surface area contributed by atoms with Gasteiger partial charge in [-0.1, -0.05) is 18.2 Å². The van der Waals surface area contributed by atoms with Crippen molar-refractivity contribution in [3.8, 4) is 34.0 Å². The summed E-state index contributed by atoms with van der Waals surface area (Å²) >= 11 is 0. The molecule has 2 heterocycles. The highest BCUT2D eigenvalue weighted by molar-refractivity contribution is 5.77. The van der Waals surface area contributed by atoms with E-state index in [0.29, 0.717) is 40.5 Å². The summed E-state index contributed by atoms with van der Waals surface area (Å²) in [4.78, 5) is 37.0. The van der Waals surface area contributed by atoms with E-state index in [1.807, 2.05) is 6.92 Å². The molecule has 0 spiro atoms. The van der Waals surface area contributed by atoms with E-state index in [9.17, 15) is 14.7 Å². The fourth-order valence-corrected chi connectivity index (χ4v) is 3.07. The number of H-pyrrole nitrogens is 2. The van der Waals surface area contributed by atoms with Crippen molar-refractivity contribution in [1.82, 2.24) is 19.9 Å². The summed E-state index contributed by atoms with van der Waals surface area (Å²) in [7, 11) is 0. The first kappa shape index (κ1) is 20.1. The molecule has 0 aliphatic rings. The number of ether oxygens (including phenoxy) is 2. The quantitative estimate of drug-likeness (QED) is 0.331. The fourth-order valence-electron chi connectivity index (χ4n) is 3.07. The van der Waals surface area contributed by atoms with Crippen LogP contribution < -0.4 is 15.0 Å². The van der Waals surface area contributed by atoms with Gasteiger partial charge in [-0.3, -0.25) is 4.79 Å². The van der Waals surface area contributed by atoms with E-state index in [-0.39, 0.29) is 11.3 Å². The zero-order valence-electron chi connectivity index (χ0n) is 16.3. The molecule has 158 valence electrons. The normalized spacial score (nSPS) is 11.9. The molecule has 4 N–H and O–H groups in total. The van der Waals surface area contributed by atoms with Crippen molar-refractivity contribution in [2.75, 3.05) is 6.61 Å². The number of hydrogen-bond donors (Lipinski definition) is 4. The molecule has 0 bridgehead atoms. The number of carboxylic acid groups (broad SMARTS) is 1. The molecule has 0 fully saturated rings. The van der Waals surface area contributed by atoms with Crippen molar-refractivity contribution in [2.24, 2.45) is 0 Å². The van der Waals surface area contributed by atoms with Gasteiger partial charge in [0.1, 0.15) is 17.3 Å². The number of aliphatic hydroxyl groups excluding tert-OH is 1. The summed E-state index contributed by atoms with van der Waals surface area (Å²) in [5.74, 6) is -0.468. The van der Waals surface area contributed by atoms with Crippen LogP contribution in [0.5, 0.6) is 11.5 Å². The lowest BCUT2D eigenvalue weighted by molar-refractivity contribution is -0.162. The summed E-state index contributed by atoms with van der Waals surface area (Å²) in [5, 5.41) is 18.2. The molecule has 4 rings (SSSR count). The zero-order chi connectivity index (χ0) is 22.0. The van der Waals surface area contributed by atoms with Crippen molar-refractivity contribution < 1.29 is 24.5 Å². The summed E-state index contributed by atoms with van der Waals surface area (Å²) in [5.41, 5.74) is 2.30. The second-order valence-corrected chi connectivity index (χ2v) is 6.50. The third-order valence-electron chi connectivity index (χ3n) is 4.46. The highest BCUT2D eigenvalue weighted by atomic mass is 16.6. The molecule has 0 saturated carbocycles. The molecule has 0 saturated heterocycles. The number of aromatic amines is 2. The highest BCUT2D eigenvalue weighted by Crippen LogP contribution is 2.34. The van der Waals surface area contributed by atoms with Crippen molar-refractivity contribution in [3.63, 3.8) is 0 Å². The topological polar surface area (TPSA) is 150 Å². The number of rotatable bonds is 7. The second kappa shape index (κ2) is 8.28. The van der Waals surface area contributed by atoms with Gasteiger partial charge in [-0.2, -0.15) is 0 Å². The van der Waals surface area contributed by atoms with Crippen LogP contribution in [0.1, 0.15) is 6.92 Å². The molecule has 10 heteroatoms. The molecule has 4 aromatic rings. The Hall–Kier alpha value is -4.18. The zero-order valence-corrected chi connectivity index (χ0v) is 16.3. The molecular formula is C21H18N4O6. The first-order valence-electron chi connectivity index (χ1n) is 9.35. The molecule has 2 aromatic carbocycles. The maximum atomic E-state index is 12.3. The first-order valence-corrected chi connectivity index (χ1v) is 9.35. The SMILES string of the molecule is CCOc1cc(-c2cccc(O[C@H](O)C(=O)O)c2)ccc1-c1nc2nc[nH]c2c(=O)[nH]1. The summed E-state index contributed by atoms with van der Waals surface area (Å²) < 4.78 is 10.8. The van der Waals surface area contributed by atoms with Crippen molar-refractivity contribution >= 4 is 17.1 Å². The van der Waals surface area contributed by atoms with Crippen LogP contribution in [0.25, 0.3) is 33.7 Å². The van der Waals surface area contributed by atoms with E-state index in [1.54, 1.807) is 42.5 Å². The largest absolute Gasteiger partial charge is 0.493 e. The van der Waals surface area contributed by atoms with Crippen LogP contribution in [0.2, 0.25) is 0 Å². The van der Waals surface area contributed by atoms with Crippen LogP contribution >= 0.6 is 0 Å². The average Bonchev–Trinajstić information content (AvgIpc) is 3.23. The summed E-state index contributed by atoms with van der Waals surface area (Å²) in [6.07, 6.45) is -0.559. The van der Waals surface area contributed by atoms with E-state index in [4.69, 9.17) is 14.6 Å². The van der Waals surface area contributed by atoms with Gasteiger partial charge in [0.25, 0.3) is 11.8 Å². The van der Waals surface area contributed by atoms with Gasteiger partial charge in [0, 0.05) is 0 Å². The smallest absolute Gasteiger partial charge is 0.373 e. The van der Waals surface area contributed by atoms with E-state index >= 15 is 0 Å². The minimum absolute atomic E-state index is 0.199. The third-order valence-corrected chi connectivity index (χ3v) is 4.46. The third kappa shape index (κ3) is 4.09. The van der Waals surface area contributed by atoms with Gasteiger partial charge in [-0.25, -0.2) is 14.8 Å². The molecule has 2 aromatic heterocycles. The van der Waals surface area contributed by atoms with Crippen molar-refractivity contribution in [2.45, 2.75) is 13.2 Å². The molecule has 0 unspecified atom stereocenters. The van der Waals surface area contributed by atoms with Gasteiger partial charge in [-0.05, 0) is 42.3 Å². The monoisotopic (exact) mass is 422 g/mol. The molecule has 0 aliphatic carbocycles. The minimum Gasteiger partial charge on any atom is -0.493 e. The van der Waals surface area contributed by atoms with Crippen molar-refractivity contribution in [3.05, 3.63) is 59.1 Å². The summed E-state index contributed by atoms with van der Waals surface area (Å²) in [6.45, 7) is 2.23. The van der Waals surface area contributed by atoms with Crippen LogP contribution in [-0.2, 0) is 4.79 Å². The van der Waals surface area contributed by atoms with Crippen LogP contribution in [0.4, 0.5) is 0 Å². The number of nitrogens with one attached hydrogen (secondary N) is 2. The Labute approximate surface area is 175 Å². The van der Waals surface area contributed by atoms with Gasteiger partial charge < -0.3 is 29.7 Å². The average molecular weight is 422 g/mol. The van der Waals surface area contributed by atoms with Gasteiger partial charge in [0.2, 0.25) is 0 Å². The number of nitrogens with zero attached hydrogens (tertiary/aromatic N) is 2. The fraction of sp³-hybridized carbons (Fsp3) is 0.143. The molecule has 1 atom stereocenters. The number of aromatic nitrogens is 4. The number of hydrogen-bond acceptors (Lipinski definition) is 7. The number of fused-ring (bicyclic) bond motifs is 1. The van der Waals surface area contributed by atoms with E-state index in [0.717, 1.165) is 5.56 Å². The Bertz CT molecular complexity index is 1310. The van der Waals surface area contributed by atoms with Crippen LogP contribution in [0, 0.1) is 0 Å². The van der Waals surface area contributed by atoms with E-state index in [1.165, 1.54) is 6.33 Å². The number of benzene rings is 2. The standard InChI is InChI=1S/C21H18N4O6/c1-2-30-15-9-12(11-4-3-5-13(8-11)31-21(29)20(27)28)6-7-14(15)17-24-18-16(19(26)25-17)22-10-23-18/h3-10,21,29H,2H2,1H3,(H,27,28)(H2,22,23,24,25,26)/t21-/m0/s1. The number of carboxylic acids is 1. The molecule has 0 aliphatic heterocycles. The first-order chi connectivity index (χ1) is 15.0. The summed E-state index contributed by atoms with van der Waals surface area (Å²) in [6, 6.07) is 12.0. The molecule has 10 nitrogen and oxygen atoms in total. The maximum Gasteiger partial charge on any atom is 0.373 e. The molecule has 31 heavy (non-hydrogen) atoms. The lowest BCUT2D eigenvalue weighted by Crippen LogP contribution is -2.26. The van der Waals surface area contributed by atoms with Gasteiger partial charge in [0.05, 0.1) is 18.5 Å². The molecule has 0 amide bonds. The van der Waals surface area contributed by atoms with Crippen LogP contribution in [0.3, 0.4) is 0 Å². The van der Waals surface area contributed by atoms with Gasteiger partial charge >= 0.3 is 5.97 Å². The van der Waals surface area contributed by atoms with Gasteiger partial charge in [0.15, 0.2) is 11.2 Å². The van der Waals surface area contributed by atoms with Crippen LogP contribution in [-0.4, -0.2) is 49.0 Å². The lowest BCUT2D eigenvalue weighted by atomic mass is 10.0. The molecular weight excluding hydrogens is 404 g/mol. The predicted octanol–water partition coefficient (Wildman–Crippen LogP) is 2.16. The van der Waals surface area contributed by atoms with Crippen molar-refractivity contribution in [1.29, 1.82) is 0 Å². The number of aliphatic hydroxyl groups is 1. The Morgan fingerprint density at radius 2 is 2.00 bits per heavy atom.